The fourth-order valence-corrected chi connectivity index (χ4v) is 4.15. The average molecular weight is 472 g/mol. The average Bonchev–Trinajstić information content (AvgIpc) is 3.32. The first-order valence-corrected chi connectivity index (χ1v) is 11.5. The minimum atomic E-state index is -0.0882. The van der Waals surface area contributed by atoms with Gasteiger partial charge in [0.05, 0.1) is 5.56 Å². The number of nitrogens with zero attached hydrogens (tertiary/aromatic N) is 5. The van der Waals surface area contributed by atoms with E-state index < -0.39 is 0 Å². The molecule has 1 saturated heterocycles. The van der Waals surface area contributed by atoms with Gasteiger partial charge in [0.25, 0.3) is 5.91 Å². The number of benzene rings is 2. The van der Waals surface area contributed by atoms with Crippen molar-refractivity contribution in [2.75, 3.05) is 13.1 Å². The Bertz CT molecular complexity index is 1290. The van der Waals surface area contributed by atoms with Crippen LogP contribution in [0.3, 0.4) is 0 Å². The number of hydrogen-bond donors (Lipinski definition) is 0. The molecule has 1 aliphatic rings. The first-order valence-electron chi connectivity index (χ1n) is 11.5. The second-order valence-electron chi connectivity index (χ2n) is 8.33. The van der Waals surface area contributed by atoms with E-state index in [-0.39, 0.29) is 18.4 Å². The van der Waals surface area contributed by atoms with E-state index in [2.05, 4.69) is 20.3 Å². The lowest BCUT2D eigenvalue weighted by molar-refractivity contribution is 0.0699. The van der Waals surface area contributed by atoms with Gasteiger partial charge < -0.3 is 14.4 Å². The number of carbonyl (C=O) groups excluding carboxylic acids is 1. The van der Waals surface area contributed by atoms with E-state index >= 15 is 0 Å². The van der Waals surface area contributed by atoms with Gasteiger partial charge in [-0.15, -0.1) is 0 Å². The number of piperidine rings is 1. The Morgan fingerprint density at radius 3 is 2.69 bits per heavy atom. The normalized spacial score (nSPS) is 15.6. The third-order valence-electron chi connectivity index (χ3n) is 5.97. The molecule has 3 heterocycles. The van der Waals surface area contributed by atoms with Crippen molar-refractivity contribution in [1.29, 1.82) is 0 Å². The standard InChI is InChI=1S/C26H25N5O4/c1-18-22(30-35-29-18)17-33-23-12-6-5-11-21(23)26(32)31-15-7-8-19(16-31)24-25(28-14-13-27-24)34-20-9-3-2-4-10-20/h2-6,9-14,19H,7-8,15-17H2,1H3. The topological polar surface area (TPSA) is 103 Å². The maximum atomic E-state index is 13.5. The van der Waals surface area contributed by atoms with Crippen LogP contribution >= 0.6 is 0 Å². The number of aryl methyl sites for hydroxylation is 1. The lowest BCUT2D eigenvalue weighted by atomic mass is 9.94. The summed E-state index contributed by atoms with van der Waals surface area (Å²) in [4.78, 5) is 24.4. The van der Waals surface area contributed by atoms with Crippen LogP contribution in [0.1, 0.15) is 46.2 Å². The molecule has 35 heavy (non-hydrogen) atoms. The molecule has 4 aromatic rings. The van der Waals surface area contributed by atoms with Crippen LogP contribution in [0.25, 0.3) is 0 Å². The number of amides is 1. The molecular formula is C26H25N5O4. The Morgan fingerprint density at radius 2 is 1.86 bits per heavy atom. The lowest BCUT2D eigenvalue weighted by Crippen LogP contribution is -2.39. The molecule has 178 valence electrons. The van der Waals surface area contributed by atoms with Crippen molar-refractivity contribution in [1.82, 2.24) is 25.2 Å². The molecule has 5 rings (SSSR count). The second-order valence-corrected chi connectivity index (χ2v) is 8.33. The van der Waals surface area contributed by atoms with Crippen LogP contribution in [0, 0.1) is 6.92 Å². The monoisotopic (exact) mass is 471 g/mol. The fourth-order valence-electron chi connectivity index (χ4n) is 4.15. The fraction of sp³-hybridized carbons (Fsp3) is 0.269. The summed E-state index contributed by atoms with van der Waals surface area (Å²) >= 11 is 0. The van der Waals surface area contributed by atoms with E-state index in [0.29, 0.717) is 47.4 Å². The molecule has 1 fully saturated rings. The summed E-state index contributed by atoms with van der Waals surface area (Å²) in [7, 11) is 0. The zero-order valence-electron chi connectivity index (χ0n) is 19.3. The smallest absolute Gasteiger partial charge is 0.257 e. The largest absolute Gasteiger partial charge is 0.486 e. The molecule has 0 bridgehead atoms. The summed E-state index contributed by atoms with van der Waals surface area (Å²) in [6.45, 7) is 3.14. The van der Waals surface area contributed by atoms with Crippen molar-refractivity contribution >= 4 is 5.91 Å². The zero-order chi connectivity index (χ0) is 24.0. The predicted octanol–water partition coefficient (Wildman–Crippen LogP) is 4.56. The number of hydrogen-bond acceptors (Lipinski definition) is 8. The molecule has 1 aliphatic heterocycles. The maximum absolute atomic E-state index is 13.5. The summed E-state index contributed by atoms with van der Waals surface area (Å²) in [5, 5.41) is 7.61. The van der Waals surface area contributed by atoms with E-state index in [9.17, 15) is 4.79 Å². The van der Waals surface area contributed by atoms with E-state index in [4.69, 9.17) is 14.1 Å². The van der Waals surface area contributed by atoms with E-state index in [1.165, 1.54) is 0 Å². The summed E-state index contributed by atoms with van der Waals surface area (Å²) in [6.07, 6.45) is 5.03. The molecule has 0 N–H and O–H groups in total. The number of ether oxygens (including phenoxy) is 2. The molecule has 0 radical (unpaired) electrons. The van der Waals surface area contributed by atoms with Gasteiger partial charge in [-0.1, -0.05) is 40.6 Å². The molecule has 1 unspecified atom stereocenters. The number of likely N-dealkylation sites (tertiary alicyclic amines) is 1. The first kappa shape index (κ1) is 22.5. The first-order chi connectivity index (χ1) is 17.2. The van der Waals surface area contributed by atoms with Gasteiger partial charge in [0.15, 0.2) is 0 Å². The van der Waals surface area contributed by atoms with Crippen molar-refractivity contribution in [3.8, 4) is 17.4 Å². The molecular weight excluding hydrogens is 446 g/mol. The Kier molecular flexibility index (Phi) is 6.65. The number of para-hydroxylation sites is 2. The van der Waals surface area contributed by atoms with Crippen molar-refractivity contribution in [3.63, 3.8) is 0 Å². The number of aromatic nitrogens is 4. The number of rotatable bonds is 7. The molecule has 0 saturated carbocycles. The lowest BCUT2D eigenvalue weighted by Gasteiger charge is -2.33. The van der Waals surface area contributed by atoms with Gasteiger partial charge in [-0.25, -0.2) is 9.61 Å². The highest BCUT2D eigenvalue weighted by Crippen LogP contribution is 2.33. The van der Waals surface area contributed by atoms with Crippen molar-refractivity contribution < 1.29 is 18.9 Å². The van der Waals surface area contributed by atoms with Crippen molar-refractivity contribution in [2.24, 2.45) is 0 Å². The summed E-state index contributed by atoms with van der Waals surface area (Å²) in [6, 6.07) is 16.7. The van der Waals surface area contributed by atoms with Crippen LogP contribution in [-0.4, -0.2) is 44.2 Å². The van der Waals surface area contributed by atoms with Gasteiger partial charge in [0, 0.05) is 31.4 Å². The molecule has 2 aromatic carbocycles. The van der Waals surface area contributed by atoms with Crippen LogP contribution in [-0.2, 0) is 6.61 Å². The van der Waals surface area contributed by atoms with E-state index in [1.54, 1.807) is 31.5 Å². The van der Waals surface area contributed by atoms with Gasteiger partial charge in [0.2, 0.25) is 5.88 Å². The van der Waals surface area contributed by atoms with Crippen molar-refractivity contribution in [3.05, 3.63) is 89.6 Å². The highest BCUT2D eigenvalue weighted by molar-refractivity contribution is 5.97. The van der Waals surface area contributed by atoms with Crippen LogP contribution < -0.4 is 9.47 Å². The predicted molar refractivity (Wildman–Crippen MR) is 126 cm³/mol. The quantitative estimate of drug-likeness (QED) is 0.386. The second kappa shape index (κ2) is 10.3. The highest BCUT2D eigenvalue weighted by atomic mass is 16.6. The summed E-state index contributed by atoms with van der Waals surface area (Å²) in [5.74, 6) is 1.58. The SMILES string of the molecule is Cc1nonc1COc1ccccc1C(=O)N1CCCC(c2nccnc2Oc2ccccc2)C1. The molecule has 1 atom stereocenters. The Morgan fingerprint density at radius 1 is 1.06 bits per heavy atom. The molecule has 1 amide bonds. The highest BCUT2D eigenvalue weighted by Gasteiger charge is 2.30. The van der Waals surface area contributed by atoms with Gasteiger partial charge in [-0.3, -0.25) is 9.78 Å². The number of carbonyl (C=O) groups is 1. The van der Waals surface area contributed by atoms with E-state index in [0.717, 1.165) is 18.5 Å². The van der Waals surface area contributed by atoms with E-state index in [1.807, 2.05) is 47.4 Å². The molecule has 0 spiro atoms. The molecule has 9 heteroatoms. The van der Waals surface area contributed by atoms with Gasteiger partial charge >= 0.3 is 0 Å². The Balaban J connectivity index is 1.32. The van der Waals surface area contributed by atoms with Crippen LogP contribution in [0.4, 0.5) is 0 Å². The zero-order valence-corrected chi connectivity index (χ0v) is 19.3. The minimum Gasteiger partial charge on any atom is -0.486 e. The summed E-state index contributed by atoms with van der Waals surface area (Å²) in [5.41, 5.74) is 2.51. The molecule has 0 aliphatic carbocycles. The Hall–Kier alpha value is -4.27. The molecule has 2 aromatic heterocycles. The Labute approximate surface area is 202 Å². The van der Waals surface area contributed by atoms with Crippen LogP contribution in [0.2, 0.25) is 0 Å². The maximum Gasteiger partial charge on any atom is 0.257 e. The van der Waals surface area contributed by atoms with Gasteiger partial charge in [0.1, 0.15) is 35.2 Å². The molecule has 9 nitrogen and oxygen atoms in total. The van der Waals surface area contributed by atoms with Crippen LogP contribution in [0.15, 0.2) is 71.6 Å². The third kappa shape index (κ3) is 5.13. The minimum absolute atomic E-state index is 0.0112. The van der Waals surface area contributed by atoms with Gasteiger partial charge in [-0.05, 0) is 44.0 Å². The summed E-state index contributed by atoms with van der Waals surface area (Å²) < 4.78 is 16.7. The van der Waals surface area contributed by atoms with Crippen molar-refractivity contribution in [2.45, 2.75) is 32.3 Å². The van der Waals surface area contributed by atoms with Crippen LogP contribution in [0.5, 0.6) is 17.4 Å². The third-order valence-corrected chi connectivity index (χ3v) is 5.97. The van der Waals surface area contributed by atoms with Gasteiger partial charge in [-0.2, -0.15) is 0 Å².